The van der Waals surface area contributed by atoms with E-state index in [1.165, 1.54) is 50.5 Å². The molecule has 1 unspecified atom stereocenters. The molecule has 1 fully saturated rings. The van der Waals surface area contributed by atoms with E-state index < -0.39 is 0 Å². The quantitative estimate of drug-likeness (QED) is 0.607. The van der Waals surface area contributed by atoms with E-state index in [-0.39, 0.29) is 0 Å². The molecule has 0 saturated heterocycles. The lowest BCUT2D eigenvalue weighted by atomic mass is 9.88. The van der Waals surface area contributed by atoms with Crippen molar-refractivity contribution >= 4 is 0 Å². The maximum Gasteiger partial charge on any atom is -0.0233 e. The zero-order valence-electron chi connectivity index (χ0n) is 11.6. The van der Waals surface area contributed by atoms with Gasteiger partial charge in [0.15, 0.2) is 0 Å². The topological polar surface area (TPSA) is 0 Å². The van der Waals surface area contributed by atoms with Gasteiger partial charge in [0.25, 0.3) is 0 Å². The molecule has 1 atom stereocenters. The van der Waals surface area contributed by atoms with Gasteiger partial charge in [-0.25, -0.2) is 0 Å². The fraction of sp³-hybridized carbons (Fsp3) is 0.556. The number of hydrogen-bond acceptors (Lipinski definition) is 0. The Labute approximate surface area is 112 Å². The molecule has 1 saturated carbocycles. The van der Waals surface area contributed by atoms with Crippen LogP contribution >= 0.6 is 0 Å². The molecule has 0 bridgehead atoms. The summed E-state index contributed by atoms with van der Waals surface area (Å²) >= 11 is 0. The first-order valence-electron chi connectivity index (χ1n) is 7.57. The van der Waals surface area contributed by atoms with Crippen molar-refractivity contribution in [3.05, 3.63) is 48.0 Å². The van der Waals surface area contributed by atoms with E-state index in [0.717, 1.165) is 5.92 Å². The lowest BCUT2D eigenvalue weighted by Crippen LogP contribution is -2.03. The molecular weight excluding hydrogens is 216 g/mol. The zero-order valence-corrected chi connectivity index (χ0v) is 11.6. The molecule has 1 aromatic rings. The van der Waals surface area contributed by atoms with Crippen LogP contribution in [0.3, 0.4) is 0 Å². The van der Waals surface area contributed by atoms with E-state index in [1.807, 2.05) is 0 Å². The van der Waals surface area contributed by atoms with E-state index in [1.54, 1.807) is 0 Å². The first-order valence-corrected chi connectivity index (χ1v) is 7.57. The fourth-order valence-electron chi connectivity index (χ4n) is 2.81. The highest BCUT2D eigenvalue weighted by Gasteiger charge is 2.10. The standard InChI is InChI=1S/C18H26/c1-16(12-14-17-8-4-2-5-9-17)13-15-18-10-6-3-7-11-18/h2,4-5,8-9,13,15-16,18H,3,6-7,10-12,14H2,1H3/b15-13+. The Kier molecular flexibility index (Phi) is 5.51. The lowest BCUT2D eigenvalue weighted by molar-refractivity contribution is 0.417. The molecule has 0 N–H and O–H groups in total. The monoisotopic (exact) mass is 242 g/mol. The molecular formula is C18H26. The number of benzene rings is 1. The van der Waals surface area contributed by atoms with Gasteiger partial charge < -0.3 is 0 Å². The van der Waals surface area contributed by atoms with Gasteiger partial charge in [-0.1, -0.05) is 68.7 Å². The van der Waals surface area contributed by atoms with Crippen LogP contribution in [0.1, 0.15) is 51.0 Å². The molecule has 1 aliphatic rings. The van der Waals surface area contributed by atoms with Crippen molar-refractivity contribution in [3.8, 4) is 0 Å². The Morgan fingerprint density at radius 2 is 1.83 bits per heavy atom. The molecule has 1 aromatic carbocycles. The highest BCUT2D eigenvalue weighted by molar-refractivity contribution is 5.14. The molecule has 0 nitrogen and oxygen atoms in total. The molecule has 98 valence electrons. The van der Waals surface area contributed by atoms with Gasteiger partial charge in [-0.2, -0.15) is 0 Å². The van der Waals surface area contributed by atoms with Gasteiger partial charge in [-0.15, -0.1) is 0 Å². The van der Waals surface area contributed by atoms with Crippen molar-refractivity contribution in [2.24, 2.45) is 11.8 Å². The minimum Gasteiger partial charge on any atom is -0.0854 e. The fourth-order valence-corrected chi connectivity index (χ4v) is 2.81. The molecule has 0 heteroatoms. The van der Waals surface area contributed by atoms with Crippen LogP contribution in [0.25, 0.3) is 0 Å². The minimum absolute atomic E-state index is 0.715. The van der Waals surface area contributed by atoms with Crippen LogP contribution in [0, 0.1) is 11.8 Å². The molecule has 0 amide bonds. The van der Waals surface area contributed by atoms with E-state index in [0.29, 0.717) is 5.92 Å². The van der Waals surface area contributed by atoms with Crippen LogP contribution in [-0.4, -0.2) is 0 Å². The summed E-state index contributed by atoms with van der Waals surface area (Å²) in [7, 11) is 0. The normalized spacial score (nSPS) is 19.2. The molecule has 1 aliphatic carbocycles. The first kappa shape index (κ1) is 13.4. The molecule has 0 aromatic heterocycles. The van der Waals surface area contributed by atoms with Crippen molar-refractivity contribution in [2.45, 2.75) is 51.9 Å². The molecule has 0 heterocycles. The van der Waals surface area contributed by atoms with Gasteiger partial charge >= 0.3 is 0 Å². The summed E-state index contributed by atoms with van der Waals surface area (Å²) in [5.41, 5.74) is 1.47. The smallest absolute Gasteiger partial charge is 0.0233 e. The van der Waals surface area contributed by atoms with Gasteiger partial charge in [0, 0.05) is 0 Å². The maximum atomic E-state index is 2.49. The predicted octanol–water partition coefficient (Wildman–Crippen LogP) is 5.39. The van der Waals surface area contributed by atoms with Gasteiger partial charge in [-0.3, -0.25) is 0 Å². The van der Waals surface area contributed by atoms with Crippen molar-refractivity contribution < 1.29 is 0 Å². The summed E-state index contributed by atoms with van der Waals surface area (Å²) in [6.45, 7) is 2.35. The Hall–Kier alpha value is -1.04. The molecule has 0 aliphatic heterocycles. The van der Waals surface area contributed by atoms with Gasteiger partial charge in [-0.05, 0) is 43.1 Å². The Bertz CT molecular complexity index is 344. The molecule has 0 spiro atoms. The van der Waals surface area contributed by atoms with Crippen LogP contribution in [-0.2, 0) is 6.42 Å². The SMILES string of the molecule is CC(/C=C/C1CCCCC1)CCc1ccccc1. The Morgan fingerprint density at radius 3 is 2.56 bits per heavy atom. The number of hydrogen-bond donors (Lipinski definition) is 0. The average molecular weight is 242 g/mol. The van der Waals surface area contributed by atoms with Crippen LogP contribution in [0.15, 0.2) is 42.5 Å². The Morgan fingerprint density at radius 1 is 1.11 bits per heavy atom. The lowest BCUT2D eigenvalue weighted by Gasteiger charge is -2.18. The average Bonchev–Trinajstić information content (AvgIpc) is 2.45. The first-order chi connectivity index (χ1) is 8.84. The zero-order chi connectivity index (χ0) is 12.6. The summed E-state index contributed by atoms with van der Waals surface area (Å²) in [6, 6.07) is 10.8. The summed E-state index contributed by atoms with van der Waals surface area (Å²) in [5.74, 6) is 1.59. The second kappa shape index (κ2) is 7.41. The molecule has 18 heavy (non-hydrogen) atoms. The van der Waals surface area contributed by atoms with Crippen LogP contribution in [0.2, 0.25) is 0 Å². The highest BCUT2D eigenvalue weighted by atomic mass is 14.2. The van der Waals surface area contributed by atoms with Gasteiger partial charge in [0.05, 0.1) is 0 Å². The minimum atomic E-state index is 0.715. The molecule has 2 rings (SSSR count). The van der Waals surface area contributed by atoms with Crippen LogP contribution in [0.4, 0.5) is 0 Å². The van der Waals surface area contributed by atoms with Crippen LogP contribution in [0.5, 0.6) is 0 Å². The van der Waals surface area contributed by atoms with Crippen molar-refractivity contribution in [1.82, 2.24) is 0 Å². The van der Waals surface area contributed by atoms with E-state index >= 15 is 0 Å². The predicted molar refractivity (Wildman–Crippen MR) is 79.6 cm³/mol. The highest BCUT2D eigenvalue weighted by Crippen LogP contribution is 2.25. The number of rotatable bonds is 5. The second-order valence-corrected chi connectivity index (χ2v) is 5.78. The van der Waals surface area contributed by atoms with E-state index in [4.69, 9.17) is 0 Å². The van der Waals surface area contributed by atoms with Gasteiger partial charge in [0.2, 0.25) is 0 Å². The summed E-state index contributed by atoms with van der Waals surface area (Å²) in [6.07, 6.45) is 14.6. The van der Waals surface area contributed by atoms with Crippen LogP contribution < -0.4 is 0 Å². The number of aryl methyl sites for hydroxylation is 1. The van der Waals surface area contributed by atoms with E-state index in [2.05, 4.69) is 49.4 Å². The van der Waals surface area contributed by atoms with E-state index in [9.17, 15) is 0 Å². The number of allylic oxidation sites excluding steroid dienone is 2. The summed E-state index contributed by atoms with van der Waals surface area (Å²) < 4.78 is 0. The molecule has 0 radical (unpaired) electrons. The Balaban J connectivity index is 1.71. The van der Waals surface area contributed by atoms with Crippen molar-refractivity contribution in [2.75, 3.05) is 0 Å². The largest absolute Gasteiger partial charge is 0.0854 e. The summed E-state index contributed by atoms with van der Waals surface area (Å²) in [5, 5.41) is 0. The maximum absolute atomic E-state index is 2.49. The summed E-state index contributed by atoms with van der Waals surface area (Å²) in [4.78, 5) is 0. The third kappa shape index (κ3) is 4.68. The third-order valence-corrected chi connectivity index (χ3v) is 4.09. The van der Waals surface area contributed by atoms with Crippen molar-refractivity contribution in [1.29, 1.82) is 0 Å². The van der Waals surface area contributed by atoms with Crippen molar-refractivity contribution in [3.63, 3.8) is 0 Å². The van der Waals surface area contributed by atoms with Gasteiger partial charge in [0.1, 0.15) is 0 Å². The second-order valence-electron chi connectivity index (χ2n) is 5.78. The third-order valence-electron chi connectivity index (χ3n) is 4.09.